The van der Waals surface area contributed by atoms with Gasteiger partial charge in [0.1, 0.15) is 0 Å². The number of aliphatic hydroxyl groups is 1. The highest BCUT2D eigenvalue weighted by molar-refractivity contribution is 4.91. The minimum Gasteiger partial charge on any atom is -0.393 e. The maximum absolute atomic E-state index is 9.65. The molecule has 2 rings (SSSR count). The van der Waals surface area contributed by atoms with Crippen LogP contribution in [0, 0.1) is 11.8 Å². The van der Waals surface area contributed by atoms with E-state index < -0.39 is 0 Å². The molecule has 0 saturated heterocycles. The second-order valence-electron chi connectivity index (χ2n) is 4.22. The second-order valence-corrected chi connectivity index (χ2v) is 4.22. The summed E-state index contributed by atoms with van der Waals surface area (Å²) in [7, 11) is 0. The summed E-state index contributed by atoms with van der Waals surface area (Å²) in [5, 5.41) is 9.65. The van der Waals surface area contributed by atoms with Gasteiger partial charge in [0, 0.05) is 0 Å². The van der Waals surface area contributed by atoms with Gasteiger partial charge in [-0.05, 0) is 24.7 Å². The van der Waals surface area contributed by atoms with Crippen molar-refractivity contribution in [3.63, 3.8) is 0 Å². The Morgan fingerprint density at radius 1 is 0.909 bits per heavy atom. The molecule has 0 aromatic carbocycles. The van der Waals surface area contributed by atoms with Crippen LogP contribution in [-0.2, 0) is 0 Å². The molecule has 2 fully saturated rings. The van der Waals surface area contributed by atoms with Crippen molar-refractivity contribution in [2.24, 2.45) is 11.8 Å². The van der Waals surface area contributed by atoms with Gasteiger partial charge >= 0.3 is 0 Å². The fourth-order valence-electron chi connectivity index (χ4n) is 2.40. The molecular weight excluding hydrogens is 136 g/mol. The summed E-state index contributed by atoms with van der Waals surface area (Å²) in [6, 6.07) is 0. The summed E-state index contributed by atoms with van der Waals surface area (Å²) < 4.78 is 0. The monoisotopic (exact) mass is 154 g/mol. The largest absolute Gasteiger partial charge is 0.393 e. The lowest BCUT2D eigenvalue weighted by Gasteiger charge is -2.07. The van der Waals surface area contributed by atoms with Crippen molar-refractivity contribution in [1.82, 2.24) is 0 Å². The molecule has 0 heterocycles. The number of fused-ring (bicyclic) bond motifs is 1. The zero-order valence-corrected chi connectivity index (χ0v) is 7.13. The van der Waals surface area contributed by atoms with Crippen LogP contribution in [0.3, 0.4) is 0 Å². The van der Waals surface area contributed by atoms with Crippen molar-refractivity contribution in [2.75, 3.05) is 0 Å². The van der Waals surface area contributed by atoms with Gasteiger partial charge in [0.05, 0.1) is 6.10 Å². The van der Waals surface area contributed by atoms with Crippen LogP contribution in [0.4, 0.5) is 0 Å². The van der Waals surface area contributed by atoms with E-state index in [0.29, 0.717) is 5.92 Å². The van der Waals surface area contributed by atoms with Gasteiger partial charge < -0.3 is 5.11 Å². The first-order valence-electron chi connectivity index (χ1n) is 5.06. The molecule has 0 aromatic heterocycles. The van der Waals surface area contributed by atoms with Crippen molar-refractivity contribution in [3.8, 4) is 0 Å². The van der Waals surface area contributed by atoms with Crippen molar-refractivity contribution < 1.29 is 5.11 Å². The quantitative estimate of drug-likeness (QED) is 0.568. The van der Waals surface area contributed by atoms with Gasteiger partial charge in [-0.2, -0.15) is 0 Å². The Balaban J connectivity index is 1.85. The lowest BCUT2D eigenvalue weighted by Crippen LogP contribution is -2.09. The van der Waals surface area contributed by atoms with Crippen LogP contribution in [-0.4, -0.2) is 11.2 Å². The first-order valence-corrected chi connectivity index (χ1v) is 5.06. The maximum Gasteiger partial charge on any atom is 0.0571 e. The Bertz CT molecular complexity index is 133. The SMILES string of the molecule is O[C@H]1CCCCCC[C@H]2C[C@@H]21. The standard InChI is InChI=1S/C10H18O/c11-10-6-4-2-1-3-5-8-7-9(8)10/h8-11H,1-7H2/t8-,9-,10-/m0/s1. The summed E-state index contributed by atoms with van der Waals surface area (Å²) >= 11 is 0. The van der Waals surface area contributed by atoms with E-state index in [1.54, 1.807) is 0 Å². The van der Waals surface area contributed by atoms with Crippen LogP contribution in [0.15, 0.2) is 0 Å². The molecule has 2 aliphatic carbocycles. The van der Waals surface area contributed by atoms with Crippen LogP contribution >= 0.6 is 0 Å². The van der Waals surface area contributed by atoms with Crippen LogP contribution < -0.4 is 0 Å². The molecule has 0 spiro atoms. The summed E-state index contributed by atoms with van der Waals surface area (Å²) in [6.45, 7) is 0. The molecule has 1 heteroatoms. The van der Waals surface area contributed by atoms with E-state index in [0.717, 1.165) is 12.3 Å². The van der Waals surface area contributed by atoms with E-state index in [1.165, 1.54) is 38.5 Å². The molecule has 64 valence electrons. The van der Waals surface area contributed by atoms with Crippen molar-refractivity contribution in [1.29, 1.82) is 0 Å². The lowest BCUT2D eigenvalue weighted by molar-refractivity contribution is 0.133. The summed E-state index contributed by atoms with van der Waals surface area (Å²) in [6.07, 6.45) is 9.24. The third-order valence-electron chi connectivity index (χ3n) is 3.30. The second kappa shape index (κ2) is 3.14. The molecule has 1 nitrogen and oxygen atoms in total. The Morgan fingerprint density at radius 2 is 1.64 bits per heavy atom. The van der Waals surface area contributed by atoms with Crippen molar-refractivity contribution >= 4 is 0 Å². The number of aliphatic hydroxyl groups excluding tert-OH is 1. The van der Waals surface area contributed by atoms with Crippen LogP contribution in [0.1, 0.15) is 44.9 Å². The number of hydrogen-bond acceptors (Lipinski definition) is 1. The zero-order valence-electron chi connectivity index (χ0n) is 7.13. The molecule has 1 N–H and O–H groups in total. The predicted octanol–water partition coefficient (Wildman–Crippen LogP) is 2.34. The smallest absolute Gasteiger partial charge is 0.0571 e. The topological polar surface area (TPSA) is 20.2 Å². The minimum atomic E-state index is 0.0538. The van der Waals surface area contributed by atoms with Gasteiger partial charge in [0.15, 0.2) is 0 Å². The van der Waals surface area contributed by atoms with E-state index in [-0.39, 0.29) is 6.10 Å². The number of rotatable bonds is 0. The van der Waals surface area contributed by atoms with Gasteiger partial charge in [-0.1, -0.05) is 32.1 Å². The Morgan fingerprint density at radius 3 is 2.45 bits per heavy atom. The fraction of sp³-hybridized carbons (Fsp3) is 1.00. The van der Waals surface area contributed by atoms with Crippen LogP contribution in [0.2, 0.25) is 0 Å². The summed E-state index contributed by atoms with van der Waals surface area (Å²) in [5.41, 5.74) is 0. The number of hydrogen-bond donors (Lipinski definition) is 1. The van der Waals surface area contributed by atoms with Crippen molar-refractivity contribution in [3.05, 3.63) is 0 Å². The molecule has 0 aliphatic heterocycles. The molecular formula is C10H18O. The van der Waals surface area contributed by atoms with E-state index in [2.05, 4.69) is 0 Å². The molecule has 0 bridgehead atoms. The molecule has 0 aromatic rings. The van der Waals surface area contributed by atoms with Gasteiger partial charge in [0.25, 0.3) is 0 Å². The molecule has 2 saturated carbocycles. The van der Waals surface area contributed by atoms with Crippen LogP contribution in [0.25, 0.3) is 0 Å². The molecule has 11 heavy (non-hydrogen) atoms. The Kier molecular flexibility index (Phi) is 2.17. The zero-order chi connectivity index (χ0) is 7.68. The van der Waals surface area contributed by atoms with E-state index >= 15 is 0 Å². The van der Waals surface area contributed by atoms with Gasteiger partial charge in [0.2, 0.25) is 0 Å². The average Bonchev–Trinajstić information content (AvgIpc) is 2.74. The van der Waals surface area contributed by atoms with E-state index in [1.807, 2.05) is 0 Å². The maximum atomic E-state index is 9.65. The average molecular weight is 154 g/mol. The van der Waals surface area contributed by atoms with Gasteiger partial charge in [-0.25, -0.2) is 0 Å². The fourth-order valence-corrected chi connectivity index (χ4v) is 2.40. The molecule has 0 radical (unpaired) electrons. The predicted molar refractivity (Wildman–Crippen MR) is 45.3 cm³/mol. The van der Waals surface area contributed by atoms with Gasteiger partial charge in [-0.3, -0.25) is 0 Å². The Hall–Kier alpha value is -0.0400. The molecule has 0 unspecified atom stereocenters. The molecule has 0 amide bonds. The van der Waals surface area contributed by atoms with E-state index in [4.69, 9.17) is 0 Å². The normalized spacial score (nSPS) is 45.0. The van der Waals surface area contributed by atoms with Crippen LogP contribution in [0.5, 0.6) is 0 Å². The summed E-state index contributed by atoms with van der Waals surface area (Å²) in [4.78, 5) is 0. The van der Waals surface area contributed by atoms with Crippen molar-refractivity contribution in [2.45, 2.75) is 51.0 Å². The Labute approximate surface area is 68.8 Å². The van der Waals surface area contributed by atoms with E-state index in [9.17, 15) is 5.11 Å². The molecule has 2 aliphatic rings. The first kappa shape index (κ1) is 7.60. The van der Waals surface area contributed by atoms with Gasteiger partial charge in [-0.15, -0.1) is 0 Å². The first-order chi connectivity index (χ1) is 5.38. The highest BCUT2D eigenvalue weighted by Crippen LogP contribution is 2.46. The highest BCUT2D eigenvalue weighted by Gasteiger charge is 2.41. The minimum absolute atomic E-state index is 0.0538. The lowest BCUT2D eigenvalue weighted by atomic mass is 10.1. The molecule has 3 atom stereocenters. The third kappa shape index (κ3) is 1.76. The summed E-state index contributed by atoms with van der Waals surface area (Å²) in [5.74, 6) is 1.61. The third-order valence-corrected chi connectivity index (χ3v) is 3.30. The highest BCUT2D eigenvalue weighted by atomic mass is 16.3.